The number of carboxylic acids is 1. The van der Waals surface area contributed by atoms with E-state index in [0.717, 1.165) is 42.2 Å². The number of carbonyl (C=O) groups is 11. The highest BCUT2D eigenvalue weighted by Gasteiger charge is 2.40. The van der Waals surface area contributed by atoms with E-state index in [9.17, 15) is 71.0 Å². The zero-order chi connectivity index (χ0) is 63.0. The van der Waals surface area contributed by atoms with E-state index < -0.39 is 166 Å². The predicted octanol–water partition coefficient (Wildman–Crippen LogP) is -0.842. The number of nitrogens with one attached hydrogen (secondary N) is 12. The topological polar surface area (TPSA) is 400 Å². The summed E-state index contributed by atoms with van der Waals surface area (Å²) in [7, 11) is 0.230. The SMILES string of the molecule is CC[C@@H]1NC(=O)[C@H]2Cc3cn(nn3)CCCC(NC(=O)[C@H](C)NC(=O)[C@H](NS3(C)CS3)CCCCNC(=O)[C@H](Cc3ccc(C(F)(F)F)cc3)NC1=O)C(=O)N[C@@H](Cc1cnc[nH]1)C(=O)N[C@@H](CC1CC1)C(=O)NCC(=O)N[C@@H](CCC(=O)O)C(=O)N2. The number of benzene rings is 1. The lowest BCUT2D eigenvalue weighted by molar-refractivity contribution is -0.139. The van der Waals surface area contributed by atoms with Crippen LogP contribution < -0.4 is 57.9 Å². The number of aromatic amines is 1. The van der Waals surface area contributed by atoms with Crippen LogP contribution in [-0.4, -0.2) is 174 Å². The van der Waals surface area contributed by atoms with Crippen molar-refractivity contribution >= 4 is 85.1 Å². The molecule has 10 atom stereocenters. The average molecular weight is 1260 g/mol. The highest BCUT2D eigenvalue weighted by atomic mass is 33.2. The molecule has 5 heterocycles. The normalized spacial score (nSPS) is 28.6. The van der Waals surface area contributed by atoms with Gasteiger partial charge in [-0.1, -0.05) is 47.9 Å². The van der Waals surface area contributed by atoms with Gasteiger partial charge in [-0.05, 0) is 88.2 Å². The van der Waals surface area contributed by atoms with Crippen LogP contribution in [0.2, 0.25) is 0 Å². The molecular weight excluding hydrogens is 1190 g/mol. The zero-order valence-electron chi connectivity index (χ0n) is 48.2. The molecule has 2 fully saturated rings. The summed E-state index contributed by atoms with van der Waals surface area (Å²) in [4.78, 5) is 161. The van der Waals surface area contributed by atoms with Gasteiger partial charge >= 0.3 is 12.1 Å². The Bertz CT molecular complexity index is 2970. The second kappa shape index (κ2) is 30.7. The number of fused-ring (bicyclic) bond motifs is 4. The molecule has 0 radical (unpaired) electrons. The monoisotopic (exact) mass is 1260 g/mol. The number of imidazole rings is 1. The van der Waals surface area contributed by atoms with Crippen molar-refractivity contribution in [1.82, 2.24) is 82.9 Å². The highest BCUT2D eigenvalue weighted by Crippen LogP contribution is 2.72. The zero-order valence-corrected chi connectivity index (χ0v) is 49.9. The molecule has 2 unspecified atom stereocenters. The molecular formula is C54H75F3N16O12S2. The van der Waals surface area contributed by atoms with E-state index in [0.29, 0.717) is 18.5 Å². The molecule has 33 heteroatoms. The maximum Gasteiger partial charge on any atom is 0.416 e. The smallest absolute Gasteiger partial charge is 0.416 e. The third kappa shape index (κ3) is 21.0. The molecule has 1 aromatic carbocycles. The standard InChI is InChI=1S/C54H75F3N16O12S2/c1-4-35-48(80)66-39(21-31-12-14-32(15-13-31)54(55,56)57)46(78)59-18-6-5-8-38(71-87(3)28-86-87)51(83)62-29(2)45(77)65-36-9-7-19-73-26-34(70-72-73)23-42(52(84)64-35)69-50(82)37(16-17-44(75)76)63-43(74)25-60-47(79)40(20-30-10-11-30)67-53(85)41(68-49(36)81)22-33-24-58-27-61-33/h12-15,24,26-27,29-30,35-42,71H,4-11,16-23,25,28H2,1-3H3,(H,58,61)(H,59,78)(H,60,79)(H,62,83)(H,63,74)(H,64,84)(H,65,77)(H,66,80)(H,67,85)(H,68,81)(H,69,82)(H,75,76)/t29-,35-,36?,37-,38+,39-,40-,41-,42+/m0/s1. The Balaban J connectivity index is 1.24. The van der Waals surface area contributed by atoms with Gasteiger partial charge in [0.25, 0.3) is 0 Å². The number of H-pyrrole nitrogens is 1. The van der Waals surface area contributed by atoms with Crippen LogP contribution in [0.4, 0.5) is 13.2 Å². The minimum atomic E-state index is -4.66. The third-order valence-electron chi connectivity index (χ3n) is 14.9. The number of aliphatic carboxylic acids is 1. The van der Waals surface area contributed by atoms with Crippen molar-refractivity contribution in [2.45, 2.75) is 171 Å². The molecule has 13 N–H and O–H groups in total. The van der Waals surface area contributed by atoms with E-state index in [1.165, 1.54) is 37.3 Å². The number of halogens is 3. The summed E-state index contributed by atoms with van der Waals surface area (Å²) < 4.78 is 45.4. The van der Waals surface area contributed by atoms with Gasteiger partial charge in [-0.2, -0.15) is 13.2 Å². The van der Waals surface area contributed by atoms with Crippen molar-refractivity contribution in [3.05, 3.63) is 65.5 Å². The quantitative estimate of drug-likeness (QED) is 0.0777. The Kier molecular flexibility index (Phi) is 23.5. The van der Waals surface area contributed by atoms with Gasteiger partial charge < -0.3 is 63.3 Å². The van der Waals surface area contributed by atoms with Gasteiger partial charge in [-0.15, -0.1) is 14.3 Å². The maximum absolute atomic E-state index is 14.6. The van der Waals surface area contributed by atoms with Crippen molar-refractivity contribution in [1.29, 1.82) is 0 Å². The minimum absolute atomic E-state index is 0.0155. The van der Waals surface area contributed by atoms with Gasteiger partial charge in [-0.25, -0.2) is 4.98 Å². The molecule has 3 aliphatic heterocycles. The molecule has 87 heavy (non-hydrogen) atoms. The van der Waals surface area contributed by atoms with Gasteiger partial charge in [0.1, 0.15) is 48.3 Å². The van der Waals surface area contributed by atoms with E-state index in [1.807, 2.05) is 6.26 Å². The summed E-state index contributed by atoms with van der Waals surface area (Å²) >= 11 is 0. The number of carboxylic acid groups (broad SMARTS) is 1. The minimum Gasteiger partial charge on any atom is -0.481 e. The van der Waals surface area contributed by atoms with E-state index in [4.69, 9.17) is 0 Å². The second-order valence-electron chi connectivity index (χ2n) is 22.2. The van der Waals surface area contributed by atoms with Gasteiger partial charge in [0.2, 0.25) is 59.1 Å². The molecule has 1 saturated carbocycles. The summed E-state index contributed by atoms with van der Waals surface area (Å²) in [6.45, 7) is 2.22. The summed E-state index contributed by atoms with van der Waals surface area (Å²) in [5.41, 5.74) is -0.213. The molecule has 1 aliphatic carbocycles. The molecule has 28 nitrogen and oxygen atoms in total. The first-order valence-electron chi connectivity index (χ1n) is 28.7. The van der Waals surface area contributed by atoms with Crippen LogP contribution in [0.1, 0.15) is 107 Å². The summed E-state index contributed by atoms with van der Waals surface area (Å²) in [6.07, 6.45) is 1.87. The van der Waals surface area contributed by atoms with Crippen LogP contribution in [0.3, 0.4) is 0 Å². The Morgan fingerprint density at radius 1 is 0.724 bits per heavy atom. The van der Waals surface area contributed by atoms with Crippen molar-refractivity contribution < 1.29 is 71.0 Å². The van der Waals surface area contributed by atoms with Gasteiger partial charge in [-0.3, -0.25) is 62.1 Å². The molecule has 0 spiro atoms. The lowest BCUT2D eigenvalue weighted by Gasteiger charge is -2.27. The molecule has 4 aliphatic rings. The van der Waals surface area contributed by atoms with Crippen LogP contribution >= 0.6 is 20.0 Å². The number of hydrogen-bond donors (Lipinski definition) is 13. The molecule has 1 saturated heterocycles. The molecule has 4 bridgehead atoms. The van der Waals surface area contributed by atoms with Crippen molar-refractivity contribution in [3.63, 3.8) is 0 Å². The van der Waals surface area contributed by atoms with Gasteiger partial charge in [0, 0.05) is 56.9 Å². The van der Waals surface area contributed by atoms with Crippen LogP contribution in [0.15, 0.2) is 43.0 Å². The van der Waals surface area contributed by atoms with Crippen molar-refractivity contribution in [2.24, 2.45) is 5.92 Å². The summed E-state index contributed by atoms with van der Waals surface area (Å²) in [5.74, 6) is -9.71. The average Bonchev–Trinajstić information content (AvgIpc) is 3.01. The lowest BCUT2D eigenvalue weighted by atomic mass is 10.0. The predicted molar refractivity (Wildman–Crippen MR) is 309 cm³/mol. The van der Waals surface area contributed by atoms with E-state index in [-0.39, 0.29) is 75.2 Å². The van der Waals surface area contributed by atoms with Crippen molar-refractivity contribution in [2.75, 3.05) is 24.4 Å². The fourth-order valence-electron chi connectivity index (χ4n) is 9.66. The first-order chi connectivity index (χ1) is 41.3. The van der Waals surface area contributed by atoms with Gasteiger partial charge in [0.05, 0.1) is 35.3 Å². The van der Waals surface area contributed by atoms with E-state index in [2.05, 4.69) is 78.2 Å². The van der Waals surface area contributed by atoms with Crippen LogP contribution in [-0.2, 0) is 84.7 Å². The van der Waals surface area contributed by atoms with Crippen molar-refractivity contribution in [3.8, 4) is 0 Å². The molecule has 476 valence electrons. The Labute approximate surface area is 503 Å². The van der Waals surface area contributed by atoms with Crippen LogP contribution in [0.25, 0.3) is 0 Å². The largest absolute Gasteiger partial charge is 0.481 e. The number of rotatable bonds is 12. The number of aryl methyl sites for hydroxylation is 1. The molecule has 7 rings (SSSR count). The number of carbonyl (C=O) groups excluding carboxylic acids is 10. The Morgan fingerprint density at radius 3 is 2.03 bits per heavy atom. The van der Waals surface area contributed by atoms with E-state index in [1.54, 1.807) is 10.8 Å². The fraction of sp³-hybridized carbons (Fsp3) is 0.593. The summed E-state index contributed by atoms with van der Waals surface area (Å²) in [6, 6.07) is -8.18. The molecule has 2 aromatic heterocycles. The van der Waals surface area contributed by atoms with E-state index >= 15 is 0 Å². The number of hydrogen-bond acceptors (Lipinski definition) is 16. The number of nitrogens with zero attached hydrogens (tertiary/aromatic N) is 4. The Hall–Kier alpha value is -7.81. The van der Waals surface area contributed by atoms with Gasteiger partial charge in [0.15, 0.2) is 0 Å². The second-order valence-corrected chi connectivity index (χ2v) is 28.5. The lowest BCUT2D eigenvalue weighted by Crippen LogP contribution is -2.59. The number of amides is 10. The Morgan fingerprint density at radius 2 is 1.37 bits per heavy atom. The van der Waals surface area contributed by atoms with Crippen LogP contribution in [0, 0.1) is 5.92 Å². The summed E-state index contributed by atoms with van der Waals surface area (Å²) in [5, 5.41) is 45.1. The fourth-order valence-corrected chi connectivity index (χ4v) is 13.3. The third-order valence-corrected chi connectivity index (χ3v) is 19.8. The molecule has 3 aromatic rings. The number of alkyl halides is 3. The first-order valence-corrected chi connectivity index (χ1v) is 32.5. The molecule has 10 amide bonds. The van der Waals surface area contributed by atoms with Crippen LogP contribution in [0.5, 0.6) is 0 Å². The highest BCUT2D eigenvalue weighted by molar-refractivity contribution is 9.07. The maximum atomic E-state index is 14.6. The first kappa shape index (κ1) is 66.7. The number of aromatic nitrogens is 5.